The third-order valence-corrected chi connectivity index (χ3v) is 3.43. The lowest BCUT2D eigenvalue weighted by Gasteiger charge is -2.29. The highest BCUT2D eigenvalue weighted by Crippen LogP contribution is 2.23. The second-order valence-electron chi connectivity index (χ2n) is 5.56. The Morgan fingerprint density at radius 2 is 2.35 bits per heavy atom. The summed E-state index contributed by atoms with van der Waals surface area (Å²) in [6.45, 7) is 6.87. The van der Waals surface area contributed by atoms with Crippen LogP contribution in [-0.2, 0) is 4.79 Å². The van der Waals surface area contributed by atoms with Crippen molar-refractivity contribution >= 4 is 11.6 Å². The molecule has 1 amide bonds. The van der Waals surface area contributed by atoms with Gasteiger partial charge in [0, 0.05) is 6.20 Å². The maximum Gasteiger partial charge on any atom is 0.241 e. The minimum atomic E-state index is -0.143. The van der Waals surface area contributed by atoms with Gasteiger partial charge in [-0.15, -0.1) is 0 Å². The quantitative estimate of drug-likeness (QED) is 0.885. The summed E-state index contributed by atoms with van der Waals surface area (Å²) in [5, 5.41) is 6.20. The van der Waals surface area contributed by atoms with Gasteiger partial charge in [0.15, 0.2) is 0 Å². The van der Waals surface area contributed by atoms with E-state index in [4.69, 9.17) is 4.74 Å². The number of piperidine rings is 1. The van der Waals surface area contributed by atoms with E-state index in [-0.39, 0.29) is 18.1 Å². The van der Waals surface area contributed by atoms with Gasteiger partial charge in [0.1, 0.15) is 5.69 Å². The zero-order chi connectivity index (χ0) is 14.5. The summed E-state index contributed by atoms with van der Waals surface area (Å²) in [6.07, 6.45) is 3.88. The van der Waals surface area contributed by atoms with E-state index in [1.807, 2.05) is 19.9 Å². The number of nitrogens with zero attached hydrogens (tertiary/aromatic N) is 1. The molecule has 0 radical (unpaired) electrons. The molecule has 0 bridgehead atoms. The van der Waals surface area contributed by atoms with E-state index in [2.05, 4.69) is 22.5 Å². The van der Waals surface area contributed by atoms with Gasteiger partial charge in [-0.25, -0.2) is 4.98 Å². The van der Waals surface area contributed by atoms with Crippen molar-refractivity contribution in [2.75, 3.05) is 11.9 Å². The van der Waals surface area contributed by atoms with Crippen LogP contribution in [0, 0.1) is 5.92 Å². The Kier molecular flexibility index (Phi) is 4.95. The Bertz CT molecular complexity index is 462. The molecule has 2 N–H and O–H groups in total. The van der Waals surface area contributed by atoms with Crippen LogP contribution >= 0.6 is 0 Å². The third kappa shape index (κ3) is 3.70. The molecule has 0 aromatic carbocycles. The van der Waals surface area contributed by atoms with Gasteiger partial charge in [-0.1, -0.05) is 6.92 Å². The summed E-state index contributed by atoms with van der Waals surface area (Å²) in [7, 11) is 0. The Balaban J connectivity index is 2.07. The molecule has 5 heteroatoms. The molecule has 110 valence electrons. The van der Waals surface area contributed by atoms with E-state index >= 15 is 0 Å². The molecule has 1 aromatic rings. The topological polar surface area (TPSA) is 63.2 Å². The second kappa shape index (κ2) is 6.70. The lowest BCUT2D eigenvalue weighted by Crippen LogP contribution is -2.48. The summed E-state index contributed by atoms with van der Waals surface area (Å²) in [6, 6.07) is 3.47. The Labute approximate surface area is 120 Å². The van der Waals surface area contributed by atoms with Crippen LogP contribution in [0.3, 0.4) is 0 Å². The van der Waals surface area contributed by atoms with Gasteiger partial charge >= 0.3 is 0 Å². The smallest absolute Gasteiger partial charge is 0.241 e. The largest absolute Gasteiger partial charge is 0.473 e. The van der Waals surface area contributed by atoms with Crippen LogP contribution in [0.2, 0.25) is 0 Å². The molecule has 1 aliphatic heterocycles. The van der Waals surface area contributed by atoms with Gasteiger partial charge < -0.3 is 15.4 Å². The molecule has 1 fully saturated rings. The molecular formula is C15H23N3O2. The predicted molar refractivity (Wildman–Crippen MR) is 78.8 cm³/mol. The van der Waals surface area contributed by atoms with Gasteiger partial charge in [-0.3, -0.25) is 4.79 Å². The van der Waals surface area contributed by atoms with Crippen molar-refractivity contribution in [3.05, 3.63) is 18.3 Å². The molecule has 1 aromatic heterocycles. The molecule has 0 saturated carbocycles. The van der Waals surface area contributed by atoms with Crippen LogP contribution < -0.4 is 15.4 Å². The van der Waals surface area contributed by atoms with E-state index in [9.17, 15) is 4.79 Å². The van der Waals surface area contributed by atoms with Crippen LogP contribution in [0.5, 0.6) is 5.88 Å². The fraction of sp³-hybridized carbons (Fsp3) is 0.600. The molecule has 20 heavy (non-hydrogen) atoms. The lowest BCUT2D eigenvalue weighted by molar-refractivity contribution is -0.119. The monoisotopic (exact) mass is 277 g/mol. The van der Waals surface area contributed by atoms with Crippen LogP contribution in [0.15, 0.2) is 18.3 Å². The molecule has 1 aliphatic rings. The SMILES string of the molecule is CC(C)Oc1ncccc1NC(=O)C1NCCCC1C. The Hall–Kier alpha value is -1.62. The van der Waals surface area contributed by atoms with Crippen molar-refractivity contribution in [3.8, 4) is 5.88 Å². The number of hydrogen-bond acceptors (Lipinski definition) is 4. The van der Waals surface area contributed by atoms with Crippen molar-refractivity contribution in [1.29, 1.82) is 0 Å². The van der Waals surface area contributed by atoms with Crippen molar-refractivity contribution in [2.24, 2.45) is 5.92 Å². The van der Waals surface area contributed by atoms with Crippen molar-refractivity contribution < 1.29 is 9.53 Å². The van der Waals surface area contributed by atoms with Crippen molar-refractivity contribution in [1.82, 2.24) is 10.3 Å². The zero-order valence-electron chi connectivity index (χ0n) is 12.3. The van der Waals surface area contributed by atoms with Gasteiger partial charge in [0.25, 0.3) is 0 Å². The maximum absolute atomic E-state index is 12.4. The normalized spacial score (nSPS) is 22.6. The lowest BCUT2D eigenvalue weighted by atomic mass is 9.92. The highest BCUT2D eigenvalue weighted by atomic mass is 16.5. The maximum atomic E-state index is 12.4. The zero-order valence-corrected chi connectivity index (χ0v) is 12.3. The van der Waals surface area contributed by atoms with E-state index in [1.165, 1.54) is 0 Å². The summed E-state index contributed by atoms with van der Waals surface area (Å²) >= 11 is 0. The molecule has 0 aliphatic carbocycles. The van der Waals surface area contributed by atoms with E-state index in [0.717, 1.165) is 19.4 Å². The molecule has 0 spiro atoms. The molecule has 2 rings (SSSR count). The van der Waals surface area contributed by atoms with E-state index in [0.29, 0.717) is 17.5 Å². The Morgan fingerprint density at radius 1 is 1.55 bits per heavy atom. The number of aromatic nitrogens is 1. The van der Waals surface area contributed by atoms with E-state index in [1.54, 1.807) is 12.3 Å². The minimum absolute atomic E-state index is 0.0150. The summed E-state index contributed by atoms with van der Waals surface area (Å²) in [5.74, 6) is 0.799. The highest BCUT2D eigenvalue weighted by Gasteiger charge is 2.28. The van der Waals surface area contributed by atoms with Gasteiger partial charge in [0.2, 0.25) is 11.8 Å². The number of carbonyl (C=O) groups is 1. The number of pyridine rings is 1. The standard InChI is InChI=1S/C15H23N3O2/c1-10(2)20-15-12(7-5-9-17-15)18-14(19)13-11(3)6-4-8-16-13/h5,7,9-11,13,16H,4,6,8H2,1-3H3,(H,18,19). The molecule has 2 unspecified atom stereocenters. The molecule has 5 nitrogen and oxygen atoms in total. The van der Waals surface area contributed by atoms with Gasteiger partial charge in [-0.05, 0) is 51.3 Å². The number of nitrogens with one attached hydrogen (secondary N) is 2. The number of anilines is 1. The number of rotatable bonds is 4. The summed E-state index contributed by atoms with van der Waals surface area (Å²) in [4.78, 5) is 16.5. The molecule has 2 heterocycles. The fourth-order valence-corrected chi connectivity index (χ4v) is 2.41. The Morgan fingerprint density at radius 3 is 3.05 bits per heavy atom. The fourth-order valence-electron chi connectivity index (χ4n) is 2.41. The number of amides is 1. The molecule has 2 atom stereocenters. The average Bonchev–Trinajstić information content (AvgIpc) is 2.41. The summed E-state index contributed by atoms with van der Waals surface area (Å²) in [5.41, 5.74) is 0.630. The van der Waals surface area contributed by atoms with Gasteiger partial charge in [-0.2, -0.15) is 0 Å². The first-order valence-corrected chi connectivity index (χ1v) is 7.24. The average molecular weight is 277 g/mol. The highest BCUT2D eigenvalue weighted by molar-refractivity contribution is 5.96. The second-order valence-corrected chi connectivity index (χ2v) is 5.56. The third-order valence-electron chi connectivity index (χ3n) is 3.43. The molecule has 1 saturated heterocycles. The van der Waals surface area contributed by atoms with Crippen molar-refractivity contribution in [2.45, 2.75) is 45.8 Å². The van der Waals surface area contributed by atoms with Crippen LogP contribution in [0.25, 0.3) is 0 Å². The van der Waals surface area contributed by atoms with Gasteiger partial charge in [0.05, 0.1) is 12.1 Å². The number of hydrogen-bond donors (Lipinski definition) is 2. The predicted octanol–water partition coefficient (Wildman–Crippen LogP) is 2.20. The first-order chi connectivity index (χ1) is 9.58. The number of carbonyl (C=O) groups excluding carboxylic acids is 1. The minimum Gasteiger partial charge on any atom is -0.473 e. The van der Waals surface area contributed by atoms with Crippen molar-refractivity contribution in [3.63, 3.8) is 0 Å². The van der Waals surface area contributed by atoms with Crippen LogP contribution in [-0.4, -0.2) is 29.6 Å². The van der Waals surface area contributed by atoms with Crippen LogP contribution in [0.4, 0.5) is 5.69 Å². The van der Waals surface area contributed by atoms with E-state index < -0.39 is 0 Å². The first-order valence-electron chi connectivity index (χ1n) is 7.24. The van der Waals surface area contributed by atoms with Crippen LogP contribution in [0.1, 0.15) is 33.6 Å². The molecular weight excluding hydrogens is 254 g/mol. The first kappa shape index (κ1) is 14.8. The summed E-state index contributed by atoms with van der Waals surface area (Å²) < 4.78 is 5.61. The number of ether oxygens (including phenoxy) is 1.